The Morgan fingerprint density at radius 3 is 2.04 bits per heavy atom. The van der Waals surface area contributed by atoms with Gasteiger partial charge in [0, 0.05) is 0 Å². The molecule has 8 nitrogen and oxygen atoms in total. The molecule has 0 fully saturated rings. The summed E-state index contributed by atoms with van der Waals surface area (Å²) in [4.78, 5) is 22.9. The molecule has 1 amide bonds. The van der Waals surface area contributed by atoms with Crippen molar-refractivity contribution in [3.05, 3.63) is 71.8 Å². The Balaban J connectivity index is 1.92. The molecule has 1 atom stereocenters. The van der Waals surface area contributed by atoms with Gasteiger partial charge in [0.2, 0.25) is 0 Å². The lowest BCUT2D eigenvalue weighted by molar-refractivity contribution is -0.138. The zero-order valence-corrected chi connectivity index (χ0v) is 14.5. The molecule has 3 N–H and O–H groups in total. The molecule has 2 aromatic rings. The van der Waals surface area contributed by atoms with Crippen LogP contribution in [0.5, 0.6) is 0 Å². The smallest absolute Gasteiger partial charge is 0.422 e. The molecule has 0 aromatic heterocycles. The number of amides is 1. The van der Waals surface area contributed by atoms with Crippen LogP contribution in [0.15, 0.2) is 60.7 Å². The van der Waals surface area contributed by atoms with E-state index < -0.39 is 28.3 Å². The summed E-state index contributed by atoms with van der Waals surface area (Å²) < 4.78 is 32.3. The van der Waals surface area contributed by atoms with Crippen molar-refractivity contribution in [1.29, 1.82) is 0 Å². The predicted molar refractivity (Wildman–Crippen MR) is 93.4 cm³/mol. The Hall–Kier alpha value is -2.91. The second kappa shape index (κ2) is 8.97. The minimum absolute atomic E-state index is 0.0733. The lowest BCUT2D eigenvalue weighted by atomic mass is 10.1. The van der Waals surface area contributed by atoms with Gasteiger partial charge in [0.25, 0.3) is 0 Å². The molecular formula is C17H18N2O6S. The summed E-state index contributed by atoms with van der Waals surface area (Å²) in [6.07, 6.45) is -1.28. The average Bonchev–Trinajstić information content (AvgIpc) is 2.60. The Bertz CT molecular complexity index is 840. The van der Waals surface area contributed by atoms with Gasteiger partial charge in [-0.25, -0.2) is 9.52 Å². The van der Waals surface area contributed by atoms with Crippen LogP contribution in [0.3, 0.4) is 0 Å². The lowest BCUT2D eigenvalue weighted by Crippen LogP contribution is -2.49. The van der Waals surface area contributed by atoms with Crippen LogP contribution in [0.4, 0.5) is 4.79 Å². The summed E-state index contributed by atoms with van der Waals surface area (Å²) in [6.45, 7) is -0.117. The van der Waals surface area contributed by atoms with Crippen molar-refractivity contribution in [3.63, 3.8) is 0 Å². The number of aliphatic carboxylic acids is 1. The van der Waals surface area contributed by atoms with Crippen molar-refractivity contribution in [1.82, 2.24) is 9.44 Å². The van der Waals surface area contributed by atoms with Crippen LogP contribution in [0.25, 0.3) is 0 Å². The Labute approximate surface area is 151 Å². The fraction of sp³-hybridized carbons (Fsp3) is 0.176. The molecule has 0 bridgehead atoms. The molecule has 9 heteroatoms. The normalized spacial score (nSPS) is 12.2. The zero-order valence-electron chi connectivity index (χ0n) is 13.7. The first-order chi connectivity index (χ1) is 12.4. The van der Waals surface area contributed by atoms with Crippen LogP contribution in [-0.2, 0) is 32.8 Å². The molecule has 0 aliphatic heterocycles. The number of rotatable bonds is 8. The number of nitrogens with one attached hydrogen (secondary N) is 2. The largest absolute Gasteiger partial charge is 0.480 e. The standard InChI is InChI=1S/C17H18N2O6S/c20-16(21)15(11-13-7-3-1-4-8-13)18-26(23,24)19-17(22)25-12-14-9-5-2-6-10-14/h1-10,15,18H,11-12H2,(H,19,22)(H,20,21). The van der Waals surface area contributed by atoms with E-state index in [1.165, 1.54) is 0 Å². The monoisotopic (exact) mass is 378 g/mol. The van der Waals surface area contributed by atoms with Gasteiger partial charge in [0.1, 0.15) is 12.6 Å². The number of carboxylic acid groups (broad SMARTS) is 1. The highest BCUT2D eigenvalue weighted by Gasteiger charge is 2.26. The number of carboxylic acids is 1. The van der Waals surface area contributed by atoms with E-state index in [1.807, 2.05) is 4.72 Å². The van der Waals surface area contributed by atoms with Gasteiger partial charge < -0.3 is 9.84 Å². The maximum Gasteiger partial charge on any atom is 0.422 e. The van der Waals surface area contributed by atoms with Gasteiger partial charge in [-0.05, 0) is 17.5 Å². The highest BCUT2D eigenvalue weighted by atomic mass is 32.2. The minimum Gasteiger partial charge on any atom is -0.480 e. The van der Waals surface area contributed by atoms with Crippen molar-refractivity contribution >= 4 is 22.3 Å². The fourth-order valence-corrected chi connectivity index (χ4v) is 3.00. The van der Waals surface area contributed by atoms with Crippen LogP contribution in [0.2, 0.25) is 0 Å². The van der Waals surface area contributed by atoms with Gasteiger partial charge in [-0.3, -0.25) is 4.79 Å². The van der Waals surface area contributed by atoms with Crippen LogP contribution in [0.1, 0.15) is 11.1 Å². The predicted octanol–water partition coefficient (Wildman–Crippen LogP) is 1.44. The fourth-order valence-electron chi connectivity index (χ4n) is 2.11. The first-order valence-corrected chi connectivity index (χ1v) is 9.11. The van der Waals surface area contributed by atoms with E-state index in [-0.39, 0.29) is 13.0 Å². The Morgan fingerprint density at radius 2 is 1.50 bits per heavy atom. The third kappa shape index (κ3) is 6.54. The topological polar surface area (TPSA) is 122 Å². The summed E-state index contributed by atoms with van der Waals surface area (Å²) in [5.74, 6) is -1.36. The SMILES string of the molecule is O=C(NS(=O)(=O)NC(Cc1ccccc1)C(=O)O)OCc1ccccc1. The average molecular weight is 378 g/mol. The van der Waals surface area contributed by atoms with Crippen molar-refractivity contribution < 1.29 is 27.9 Å². The molecule has 0 spiro atoms. The number of carbonyl (C=O) groups is 2. The minimum atomic E-state index is -4.40. The number of benzene rings is 2. The van der Waals surface area contributed by atoms with Gasteiger partial charge >= 0.3 is 22.3 Å². The van der Waals surface area contributed by atoms with Gasteiger partial charge in [-0.15, -0.1) is 0 Å². The second-order valence-electron chi connectivity index (χ2n) is 5.37. The molecule has 26 heavy (non-hydrogen) atoms. The Kier molecular flexibility index (Phi) is 6.70. The summed E-state index contributed by atoms with van der Waals surface area (Å²) >= 11 is 0. The molecule has 0 aliphatic rings. The van der Waals surface area contributed by atoms with Crippen molar-refractivity contribution in [2.75, 3.05) is 0 Å². The molecule has 2 aromatic carbocycles. The molecule has 0 aliphatic carbocycles. The number of carbonyl (C=O) groups excluding carboxylic acids is 1. The summed E-state index contributed by atoms with van der Waals surface area (Å²) in [5.41, 5.74) is 1.31. The molecule has 138 valence electrons. The molecule has 0 heterocycles. The quantitative estimate of drug-likeness (QED) is 0.639. The number of hydrogen-bond acceptors (Lipinski definition) is 5. The lowest BCUT2D eigenvalue weighted by Gasteiger charge is -2.15. The summed E-state index contributed by atoms with van der Waals surface area (Å²) in [5, 5.41) is 9.21. The highest BCUT2D eigenvalue weighted by molar-refractivity contribution is 7.88. The van der Waals surface area contributed by atoms with Crippen molar-refractivity contribution in [2.24, 2.45) is 0 Å². The van der Waals surface area contributed by atoms with Crippen LogP contribution >= 0.6 is 0 Å². The van der Waals surface area contributed by atoms with Gasteiger partial charge in [0.05, 0.1) is 0 Å². The first-order valence-electron chi connectivity index (χ1n) is 7.63. The highest BCUT2D eigenvalue weighted by Crippen LogP contribution is 2.05. The van der Waals surface area contributed by atoms with Gasteiger partial charge in [0.15, 0.2) is 0 Å². The summed E-state index contributed by atoms with van der Waals surface area (Å²) in [7, 11) is -4.40. The molecule has 2 rings (SSSR count). The molecule has 0 radical (unpaired) electrons. The van der Waals surface area contributed by atoms with Gasteiger partial charge in [-0.1, -0.05) is 60.7 Å². The van der Waals surface area contributed by atoms with E-state index in [1.54, 1.807) is 65.4 Å². The third-order valence-electron chi connectivity index (χ3n) is 3.31. The Morgan fingerprint density at radius 1 is 0.962 bits per heavy atom. The second-order valence-corrected chi connectivity index (χ2v) is 6.81. The maximum absolute atomic E-state index is 12.0. The van der Waals surface area contributed by atoms with E-state index in [0.717, 1.165) is 0 Å². The van der Waals surface area contributed by atoms with E-state index in [4.69, 9.17) is 4.74 Å². The zero-order chi connectivity index (χ0) is 19.0. The van der Waals surface area contributed by atoms with Crippen molar-refractivity contribution in [2.45, 2.75) is 19.1 Å². The van der Waals surface area contributed by atoms with Crippen molar-refractivity contribution in [3.8, 4) is 0 Å². The number of hydrogen-bond donors (Lipinski definition) is 3. The van der Waals surface area contributed by atoms with E-state index in [0.29, 0.717) is 11.1 Å². The van der Waals surface area contributed by atoms with E-state index in [2.05, 4.69) is 0 Å². The molecular weight excluding hydrogens is 360 g/mol. The van der Waals surface area contributed by atoms with Crippen LogP contribution < -0.4 is 9.44 Å². The first kappa shape index (κ1) is 19.4. The molecule has 0 saturated carbocycles. The third-order valence-corrected chi connectivity index (χ3v) is 4.34. The van der Waals surface area contributed by atoms with Crippen LogP contribution in [0, 0.1) is 0 Å². The number of ether oxygens (including phenoxy) is 1. The van der Waals surface area contributed by atoms with E-state index in [9.17, 15) is 23.1 Å². The van der Waals surface area contributed by atoms with Crippen LogP contribution in [-0.4, -0.2) is 31.6 Å². The molecule has 0 saturated heterocycles. The van der Waals surface area contributed by atoms with Gasteiger partial charge in [-0.2, -0.15) is 13.1 Å². The molecule has 1 unspecified atom stereocenters. The summed E-state index contributed by atoms with van der Waals surface area (Å²) in [6, 6.07) is 15.8. The van der Waals surface area contributed by atoms with E-state index >= 15 is 0 Å². The maximum atomic E-state index is 12.0.